The molecular formula is C15H21N3O3. The van der Waals surface area contributed by atoms with Gasteiger partial charge in [-0.15, -0.1) is 0 Å². The molecule has 0 aromatic heterocycles. The van der Waals surface area contributed by atoms with E-state index in [9.17, 15) is 9.59 Å². The van der Waals surface area contributed by atoms with Gasteiger partial charge in [-0.1, -0.05) is 6.07 Å². The Hall–Kier alpha value is -1.92. The molecule has 0 bridgehead atoms. The minimum atomic E-state index is -0.748. The topological polar surface area (TPSA) is 84.7 Å². The lowest BCUT2D eigenvalue weighted by molar-refractivity contribution is -0.125. The molecule has 6 heteroatoms. The zero-order valence-electron chi connectivity index (χ0n) is 12.6. The van der Waals surface area contributed by atoms with Crippen LogP contribution in [0, 0.1) is 5.41 Å². The molecule has 114 valence electrons. The number of carbonyl (C=O) groups excluding carboxylic acids is 2. The second-order valence-electron chi connectivity index (χ2n) is 5.77. The number of anilines is 1. The van der Waals surface area contributed by atoms with Gasteiger partial charge in [0.1, 0.15) is 0 Å². The molecule has 1 heterocycles. The maximum Gasteiger partial charge on any atom is 0.253 e. The molecule has 6 nitrogen and oxygen atoms in total. The second kappa shape index (κ2) is 5.83. The molecular weight excluding hydrogens is 270 g/mol. The summed E-state index contributed by atoms with van der Waals surface area (Å²) >= 11 is 0. The van der Waals surface area contributed by atoms with Gasteiger partial charge in [-0.2, -0.15) is 0 Å². The van der Waals surface area contributed by atoms with Crippen LogP contribution in [-0.4, -0.2) is 50.1 Å². The lowest BCUT2D eigenvalue weighted by atomic mass is 9.85. The van der Waals surface area contributed by atoms with Gasteiger partial charge in [0, 0.05) is 31.4 Å². The fourth-order valence-electron chi connectivity index (χ4n) is 2.18. The van der Waals surface area contributed by atoms with Crippen LogP contribution >= 0.6 is 0 Å². The van der Waals surface area contributed by atoms with E-state index >= 15 is 0 Å². The normalized spacial score (nSPS) is 24.7. The van der Waals surface area contributed by atoms with E-state index < -0.39 is 5.41 Å². The van der Waals surface area contributed by atoms with Crippen molar-refractivity contribution in [2.45, 2.75) is 13.0 Å². The minimum Gasteiger partial charge on any atom is -0.379 e. The molecule has 1 aliphatic rings. The highest BCUT2D eigenvalue weighted by Gasteiger charge is 2.44. The van der Waals surface area contributed by atoms with Crippen LogP contribution in [0.4, 0.5) is 5.69 Å². The first-order valence-corrected chi connectivity index (χ1v) is 6.81. The molecule has 0 spiro atoms. The molecule has 2 atom stereocenters. The van der Waals surface area contributed by atoms with Crippen LogP contribution in [0.15, 0.2) is 24.3 Å². The van der Waals surface area contributed by atoms with Crippen molar-refractivity contribution < 1.29 is 14.3 Å². The first-order chi connectivity index (χ1) is 9.84. The Kier molecular flexibility index (Phi) is 4.29. The summed E-state index contributed by atoms with van der Waals surface area (Å²) in [6.45, 7) is 2.47. The van der Waals surface area contributed by atoms with E-state index in [1.54, 1.807) is 45.3 Å². The molecule has 1 aromatic rings. The summed E-state index contributed by atoms with van der Waals surface area (Å²) in [5.74, 6) is -0.305. The Bertz CT molecular complexity index is 559. The number of ether oxygens (including phenoxy) is 1. The van der Waals surface area contributed by atoms with E-state index in [-0.39, 0.29) is 17.9 Å². The molecule has 2 unspecified atom stereocenters. The van der Waals surface area contributed by atoms with Gasteiger partial charge >= 0.3 is 0 Å². The van der Waals surface area contributed by atoms with E-state index in [4.69, 9.17) is 10.5 Å². The number of nitrogens with one attached hydrogen (secondary N) is 1. The maximum absolute atomic E-state index is 12.4. The second-order valence-corrected chi connectivity index (χ2v) is 5.77. The van der Waals surface area contributed by atoms with Crippen LogP contribution in [0.3, 0.4) is 0 Å². The Balaban J connectivity index is 2.15. The van der Waals surface area contributed by atoms with Crippen molar-refractivity contribution in [2.75, 3.05) is 32.6 Å². The highest BCUT2D eigenvalue weighted by molar-refractivity contribution is 5.99. The lowest BCUT2D eigenvalue weighted by Gasteiger charge is -2.25. The third-order valence-corrected chi connectivity index (χ3v) is 3.81. The quantitative estimate of drug-likeness (QED) is 0.858. The monoisotopic (exact) mass is 291 g/mol. The van der Waals surface area contributed by atoms with E-state index in [1.165, 1.54) is 4.90 Å². The Morgan fingerprint density at radius 1 is 1.43 bits per heavy atom. The fraction of sp³-hybridized carbons (Fsp3) is 0.467. The summed E-state index contributed by atoms with van der Waals surface area (Å²) in [6.07, 6.45) is 0. The third kappa shape index (κ3) is 3.06. The average molecular weight is 291 g/mol. The van der Waals surface area contributed by atoms with Gasteiger partial charge in [-0.05, 0) is 25.1 Å². The summed E-state index contributed by atoms with van der Waals surface area (Å²) in [5.41, 5.74) is 6.29. The number of nitrogens with zero attached hydrogens (tertiary/aromatic N) is 1. The summed E-state index contributed by atoms with van der Waals surface area (Å²) < 4.78 is 5.28. The summed E-state index contributed by atoms with van der Waals surface area (Å²) in [6, 6.07) is 6.52. The molecule has 1 aromatic carbocycles. The molecule has 0 radical (unpaired) electrons. The van der Waals surface area contributed by atoms with Crippen molar-refractivity contribution in [3.63, 3.8) is 0 Å². The van der Waals surface area contributed by atoms with Gasteiger partial charge < -0.3 is 20.7 Å². The number of hydrogen-bond donors (Lipinski definition) is 2. The van der Waals surface area contributed by atoms with E-state index in [2.05, 4.69) is 5.32 Å². The number of benzene rings is 1. The number of carbonyl (C=O) groups is 2. The van der Waals surface area contributed by atoms with Crippen LogP contribution in [-0.2, 0) is 9.53 Å². The number of rotatable bonds is 3. The van der Waals surface area contributed by atoms with E-state index in [0.29, 0.717) is 24.5 Å². The fourth-order valence-corrected chi connectivity index (χ4v) is 2.18. The Labute approximate surface area is 124 Å². The van der Waals surface area contributed by atoms with Gasteiger partial charge in [-0.3, -0.25) is 9.59 Å². The molecule has 1 saturated heterocycles. The Morgan fingerprint density at radius 2 is 2.14 bits per heavy atom. The van der Waals surface area contributed by atoms with Gasteiger partial charge in [-0.25, -0.2) is 0 Å². The molecule has 2 rings (SSSR count). The summed E-state index contributed by atoms with van der Waals surface area (Å²) in [7, 11) is 3.37. The van der Waals surface area contributed by atoms with Crippen LogP contribution in [0.25, 0.3) is 0 Å². The zero-order chi connectivity index (χ0) is 15.6. The predicted octanol–water partition coefficient (Wildman–Crippen LogP) is 0.691. The first-order valence-electron chi connectivity index (χ1n) is 6.81. The SMILES string of the molecule is CN(C)C(=O)c1cccc(NC(=O)C2(C)COCC2N)c1. The molecule has 0 aliphatic carbocycles. The van der Waals surface area contributed by atoms with E-state index in [0.717, 1.165) is 0 Å². The van der Waals surface area contributed by atoms with Crippen molar-refractivity contribution in [3.8, 4) is 0 Å². The molecule has 0 saturated carbocycles. The van der Waals surface area contributed by atoms with Crippen LogP contribution < -0.4 is 11.1 Å². The largest absolute Gasteiger partial charge is 0.379 e. The predicted molar refractivity (Wildman–Crippen MR) is 80.0 cm³/mol. The van der Waals surface area contributed by atoms with Gasteiger partial charge in [0.05, 0.1) is 18.6 Å². The van der Waals surface area contributed by atoms with E-state index in [1.807, 2.05) is 0 Å². The van der Waals surface area contributed by atoms with Crippen molar-refractivity contribution in [1.29, 1.82) is 0 Å². The van der Waals surface area contributed by atoms with Crippen LogP contribution in [0.1, 0.15) is 17.3 Å². The molecule has 3 N–H and O–H groups in total. The maximum atomic E-state index is 12.4. The van der Waals surface area contributed by atoms with Crippen LogP contribution in [0.5, 0.6) is 0 Å². The zero-order valence-corrected chi connectivity index (χ0v) is 12.6. The number of amides is 2. The molecule has 2 amide bonds. The molecule has 1 fully saturated rings. The summed E-state index contributed by atoms with van der Waals surface area (Å²) in [4.78, 5) is 25.8. The van der Waals surface area contributed by atoms with Crippen LogP contribution in [0.2, 0.25) is 0 Å². The van der Waals surface area contributed by atoms with Gasteiger partial charge in [0.25, 0.3) is 5.91 Å². The van der Waals surface area contributed by atoms with Crippen molar-refractivity contribution in [1.82, 2.24) is 4.90 Å². The molecule has 21 heavy (non-hydrogen) atoms. The van der Waals surface area contributed by atoms with Gasteiger partial charge in [0.15, 0.2) is 0 Å². The van der Waals surface area contributed by atoms with Crippen molar-refractivity contribution in [3.05, 3.63) is 29.8 Å². The number of nitrogens with two attached hydrogens (primary N) is 1. The van der Waals surface area contributed by atoms with Crippen molar-refractivity contribution in [2.24, 2.45) is 11.1 Å². The molecule has 1 aliphatic heterocycles. The highest BCUT2D eigenvalue weighted by Crippen LogP contribution is 2.28. The van der Waals surface area contributed by atoms with Crippen molar-refractivity contribution >= 4 is 17.5 Å². The summed E-state index contributed by atoms with van der Waals surface area (Å²) in [5, 5.41) is 2.82. The minimum absolute atomic E-state index is 0.113. The first kappa shape index (κ1) is 15.5. The Morgan fingerprint density at radius 3 is 2.71 bits per heavy atom. The van der Waals surface area contributed by atoms with Gasteiger partial charge in [0.2, 0.25) is 5.91 Å². The average Bonchev–Trinajstić information content (AvgIpc) is 2.79. The highest BCUT2D eigenvalue weighted by atomic mass is 16.5. The lowest BCUT2D eigenvalue weighted by Crippen LogP contribution is -2.47. The standard InChI is InChI=1S/C15H21N3O3/c1-15(9-21-8-12(15)16)14(20)17-11-6-4-5-10(7-11)13(19)18(2)3/h4-7,12H,8-9,16H2,1-3H3,(H,17,20). The smallest absolute Gasteiger partial charge is 0.253 e. The number of hydrogen-bond acceptors (Lipinski definition) is 4. The third-order valence-electron chi connectivity index (χ3n) is 3.81.